The lowest BCUT2D eigenvalue weighted by molar-refractivity contribution is 0.414. The molecule has 0 spiro atoms. The van der Waals surface area contributed by atoms with Gasteiger partial charge in [-0.05, 0) is 24.3 Å². The highest BCUT2D eigenvalue weighted by molar-refractivity contribution is 7.98. The first-order chi connectivity index (χ1) is 9.76. The number of fused-ring (bicyclic) bond motifs is 1. The molecule has 0 atom stereocenters. The van der Waals surface area contributed by atoms with Crippen LogP contribution in [-0.4, -0.2) is 16.5 Å². The topological polar surface area (TPSA) is 43.6 Å². The smallest absolute Gasteiger partial charge is 0.258 e. The van der Waals surface area contributed by atoms with Gasteiger partial charge in [0.1, 0.15) is 5.75 Å². The largest absolute Gasteiger partial charge is 0.497 e. The van der Waals surface area contributed by atoms with Crippen LogP contribution in [0.1, 0.15) is 5.69 Å². The predicted molar refractivity (Wildman–Crippen MR) is 81.9 cm³/mol. The second kappa shape index (κ2) is 5.68. The number of benzene rings is 1. The summed E-state index contributed by atoms with van der Waals surface area (Å²) in [6, 6.07) is 9.44. The van der Waals surface area contributed by atoms with Crippen molar-refractivity contribution in [1.82, 2.24) is 9.38 Å². The van der Waals surface area contributed by atoms with Crippen LogP contribution < -0.4 is 10.3 Å². The fourth-order valence-corrected chi connectivity index (χ4v) is 3.32. The summed E-state index contributed by atoms with van der Waals surface area (Å²) in [5.74, 6) is 1.52. The van der Waals surface area contributed by atoms with Crippen LogP contribution in [0.5, 0.6) is 5.75 Å². The van der Waals surface area contributed by atoms with Gasteiger partial charge < -0.3 is 4.74 Å². The molecule has 2 aromatic heterocycles. The molecule has 0 amide bonds. The number of ether oxygens (including phenoxy) is 1. The zero-order chi connectivity index (χ0) is 13.9. The van der Waals surface area contributed by atoms with Gasteiger partial charge in [-0.1, -0.05) is 0 Å². The van der Waals surface area contributed by atoms with E-state index in [4.69, 9.17) is 4.74 Å². The lowest BCUT2D eigenvalue weighted by atomic mass is 10.3. The minimum Gasteiger partial charge on any atom is -0.497 e. The number of methoxy groups -OCH3 is 1. The number of hydrogen-bond acceptors (Lipinski definition) is 5. The molecule has 2 heterocycles. The van der Waals surface area contributed by atoms with Gasteiger partial charge in [0.2, 0.25) is 0 Å². The lowest BCUT2D eigenvalue weighted by Crippen LogP contribution is -2.12. The lowest BCUT2D eigenvalue weighted by Gasteiger charge is -2.03. The molecular formula is C14H12N2O2S2. The molecule has 3 rings (SSSR count). The number of rotatable bonds is 4. The van der Waals surface area contributed by atoms with Gasteiger partial charge in [-0.25, -0.2) is 4.98 Å². The normalized spacial score (nSPS) is 10.8. The second-order valence-corrected chi connectivity index (χ2v) is 6.03. The fraction of sp³-hybridized carbons (Fsp3) is 0.143. The molecule has 0 aliphatic carbocycles. The van der Waals surface area contributed by atoms with Crippen molar-refractivity contribution in [3.05, 3.63) is 58.0 Å². The van der Waals surface area contributed by atoms with Crippen molar-refractivity contribution in [2.75, 3.05) is 7.11 Å². The molecular weight excluding hydrogens is 292 g/mol. The molecule has 4 nitrogen and oxygen atoms in total. The van der Waals surface area contributed by atoms with Gasteiger partial charge in [-0.2, -0.15) is 0 Å². The van der Waals surface area contributed by atoms with Gasteiger partial charge in [-0.3, -0.25) is 9.20 Å². The average molecular weight is 304 g/mol. The van der Waals surface area contributed by atoms with Crippen molar-refractivity contribution in [1.29, 1.82) is 0 Å². The van der Waals surface area contributed by atoms with E-state index >= 15 is 0 Å². The van der Waals surface area contributed by atoms with E-state index < -0.39 is 0 Å². The monoisotopic (exact) mass is 304 g/mol. The van der Waals surface area contributed by atoms with E-state index in [1.165, 1.54) is 11.3 Å². The van der Waals surface area contributed by atoms with Crippen molar-refractivity contribution in [2.24, 2.45) is 0 Å². The second-order valence-electron chi connectivity index (χ2n) is 4.11. The zero-order valence-electron chi connectivity index (χ0n) is 10.8. The summed E-state index contributed by atoms with van der Waals surface area (Å²) in [7, 11) is 1.65. The van der Waals surface area contributed by atoms with Crippen molar-refractivity contribution in [3.8, 4) is 5.75 Å². The summed E-state index contributed by atoms with van der Waals surface area (Å²) in [6.07, 6.45) is 1.75. The molecule has 0 radical (unpaired) electrons. The zero-order valence-corrected chi connectivity index (χ0v) is 12.4. The van der Waals surface area contributed by atoms with E-state index in [0.717, 1.165) is 21.3 Å². The number of thiazole rings is 1. The highest BCUT2D eigenvalue weighted by atomic mass is 32.2. The first kappa shape index (κ1) is 13.2. The van der Waals surface area contributed by atoms with E-state index in [1.54, 1.807) is 35.5 Å². The van der Waals surface area contributed by atoms with Gasteiger partial charge in [0.25, 0.3) is 5.56 Å². The molecule has 0 fully saturated rings. The summed E-state index contributed by atoms with van der Waals surface area (Å²) < 4.78 is 6.68. The Morgan fingerprint density at radius 3 is 2.90 bits per heavy atom. The van der Waals surface area contributed by atoms with Crippen LogP contribution in [0.4, 0.5) is 0 Å². The van der Waals surface area contributed by atoms with Crippen molar-refractivity contribution in [3.63, 3.8) is 0 Å². The number of aromatic nitrogens is 2. The Kier molecular flexibility index (Phi) is 3.75. The maximum atomic E-state index is 11.9. The van der Waals surface area contributed by atoms with Crippen LogP contribution in [0.3, 0.4) is 0 Å². The minimum atomic E-state index is -0.0263. The molecule has 0 aliphatic heterocycles. The first-order valence-electron chi connectivity index (χ1n) is 5.99. The first-order valence-corrected chi connectivity index (χ1v) is 7.85. The Morgan fingerprint density at radius 1 is 1.35 bits per heavy atom. The molecule has 6 heteroatoms. The summed E-state index contributed by atoms with van der Waals surface area (Å²) in [5.41, 5.74) is 0.778. The Labute approximate surface area is 124 Å². The number of thioether (sulfide) groups is 1. The van der Waals surface area contributed by atoms with Gasteiger partial charge in [0.15, 0.2) is 4.96 Å². The molecule has 1 aromatic carbocycles. The Hall–Kier alpha value is -1.79. The summed E-state index contributed by atoms with van der Waals surface area (Å²) in [4.78, 5) is 18.2. The summed E-state index contributed by atoms with van der Waals surface area (Å²) in [6.45, 7) is 0. The van der Waals surface area contributed by atoms with Crippen LogP contribution >= 0.6 is 23.1 Å². The van der Waals surface area contributed by atoms with Crippen LogP contribution in [-0.2, 0) is 5.75 Å². The molecule has 0 N–H and O–H groups in total. The SMILES string of the molecule is COc1ccc(SCc2cc(=O)n3ccsc3n2)cc1. The molecule has 0 saturated heterocycles. The van der Waals surface area contributed by atoms with E-state index in [0.29, 0.717) is 5.75 Å². The quantitative estimate of drug-likeness (QED) is 0.695. The van der Waals surface area contributed by atoms with Gasteiger partial charge in [0.05, 0.1) is 12.8 Å². The molecule has 20 heavy (non-hydrogen) atoms. The maximum absolute atomic E-state index is 11.9. The predicted octanol–water partition coefficient (Wildman–Crippen LogP) is 3.06. The Morgan fingerprint density at radius 2 is 2.15 bits per heavy atom. The highest BCUT2D eigenvalue weighted by Crippen LogP contribution is 2.24. The number of hydrogen-bond donors (Lipinski definition) is 0. The Bertz CT molecular complexity index is 778. The van der Waals surface area contributed by atoms with Crippen molar-refractivity contribution >= 4 is 28.1 Å². The maximum Gasteiger partial charge on any atom is 0.258 e. The molecule has 102 valence electrons. The number of nitrogens with zero attached hydrogens (tertiary/aromatic N) is 2. The molecule has 0 unspecified atom stereocenters. The third-order valence-corrected chi connectivity index (χ3v) is 4.60. The van der Waals surface area contributed by atoms with Crippen LogP contribution in [0.15, 0.2) is 51.6 Å². The van der Waals surface area contributed by atoms with Gasteiger partial charge in [-0.15, -0.1) is 23.1 Å². The van der Waals surface area contributed by atoms with Crippen molar-refractivity contribution in [2.45, 2.75) is 10.6 Å². The van der Waals surface area contributed by atoms with E-state index in [2.05, 4.69) is 4.98 Å². The van der Waals surface area contributed by atoms with E-state index in [1.807, 2.05) is 29.6 Å². The van der Waals surface area contributed by atoms with Gasteiger partial charge >= 0.3 is 0 Å². The molecule has 0 saturated carbocycles. The summed E-state index contributed by atoms with van der Waals surface area (Å²) in [5, 5.41) is 1.87. The summed E-state index contributed by atoms with van der Waals surface area (Å²) >= 11 is 3.12. The average Bonchev–Trinajstić information content (AvgIpc) is 2.94. The third-order valence-electron chi connectivity index (χ3n) is 2.80. The van der Waals surface area contributed by atoms with Gasteiger partial charge in [0, 0.05) is 28.3 Å². The fourth-order valence-electron chi connectivity index (χ4n) is 1.79. The van der Waals surface area contributed by atoms with E-state index in [9.17, 15) is 4.79 Å². The third kappa shape index (κ3) is 2.71. The molecule has 0 aliphatic rings. The van der Waals surface area contributed by atoms with Crippen molar-refractivity contribution < 1.29 is 4.74 Å². The minimum absolute atomic E-state index is 0.0263. The van der Waals surface area contributed by atoms with Crippen LogP contribution in [0.25, 0.3) is 4.96 Å². The molecule has 3 aromatic rings. The standard InChI is InChI=1S/C14H12N2O2S2/c1-18-11-2-4-12(5-3-11)20-9-10-8-13(17)16-6-7-19-14(16)15-10/h2-8H,9H2,1H3. The Balaban J connectivity index is 1.77. The van der Waals surface area contributed by atoms with Crippen LogP contribution in [0, 0.1) is 0 Å². The molecule has 0 bridgehead atoms. The van der Waals surface area contributed by atoms with E-state index in [-0.39, 0.29) is 5.56 Å². The van der Waals surface area contributed by atoms with Crippen LogP contribution in [0.2, 0.25) is 0 Å². The highest BCUT2D eigenvalue weighted by Gasteiger charge is 2.04.